The van der Waals surface area contributed by atoms with Gasteiger partial charge in [-0.05, 0) is 47.0 Å². The van der Waals surface area contributed by atoms with Crippen molar-refractivity contribution in [2.24, 2.45) is 5.73 Å². The van der Waals surface area contributed by atoms with E-state index in [1.165, 1.54) is 12.1 Å². The fourth-order valence-electron chi connectivity index (χ4n) is 3.18. The quantitative estimate of drug-likeness (QED) is 0.361. The van der Waals surface area contributed by atoms with E-state index in [2.05, 4.69) is 20.8 Å². The number of nitrogens with zero attached hydrogens (tertiary/aromatic N) is 1. The largest absolute Gasteiger partial charge is 0.382 e. The van der Waals surface area contributed by atoms with E-state index < -0.39 is 11.8 Å². The van der Waals surface area contributed by atoms with Crippen LogP contribution in [0, 0.1) is 5.82 Å². The van der Waals surface area contributed by atoms with Crippen molar-refractivity contribution in [3.63, 3.8) is 0 Å². The average molecular weight is 390 g/mol. The topological polar surface area (TPSA) is 122 Å². The van der Waals surface area contributed by atoms with Crippen molar-refractivity contribution in [1.82, 2.24) is 10.2 Å². The SMILES string of the molecule is NCc1cccc(NC(=O)Nc2ccc(-c3cccc4[nH]nc(N)c34)cc2F)c1. The number of nitrogen functional groups attached to an aromatic ring is 1. The second kappa shape index (κ2) is 7.61. The van der Waals surface area contributed by atoms with Gasteiger partial charge < -0.3 is 22.1 Å². The first kappa shape index (κ1) is 18.5. The maximum absolute atomic E-state index is 14.7. The van der Waals surface area contributed by atoms with Gasteiger partial charge in [0.05, 0.1) is 16.6 Å². The summed E-state index contributed by atoms with van der Waals surface area (Å²) in [5, 5.41) is 12.8. The van der Waals surface area contributed by atoms with Crippen molar-refractivity contribution in [3.05, 3.63) is 72.0 Å². The maximum Gasteiger partial charge on any atom is 0.323 e. The number of nitrogens with one attached hydrogen (secondary N) is 3. The van der Waals surface area contributed by atoms with Gasteiger partial charge in [0.25, 0.3) is 0 Å². The van der Waals surface area contributed by atoms with E-state index >= 15 is 0 Å². The number of carbonyl (C=O) groups is 1. The Kier molecular flexibility index (Phi) is 4.84. The number of halogens is 1. The van der Waals surface area contributed by atoms with Crippen LogP contribution in [0.15, 0.2) is 60.7 Å². The molecule has 0 aliphatic carbocycles. The highest BCUT2D eigenvalue weighted by Gasteiger charge is 2.13. The number of nitrogens with two attached hydrogens (primary N) is 2. The molecule has 0 atom stereocenters. The van der Waals surface area contributed by atoms with Crippen molar-refractivity contribution in [1.29, 1.82) is 0 Å². The summed E-state index contributed by atoms with van der Waals surface area (Å²) in [6, 6.07) is 16.7. The number of amides is 2. The van der Waals surface area contributed by atoms with E-state index in [1.54, 1.807) is 24.3 Å². The molecule has 29 heavy (non-hydrogen) atoms. The van der Waals surface area contributed by atoms with E-state index in [9.17, 15) is 9.18 Å². The Balaban J connectivity index is 1.55. The second-order valence-electron chi connectivity index (χ2n) is 6.52. The minimum atomic E-state index is -0.563. The number of benzene rings is 3. The molecule has 0 saturated heterocycles. The summed E-state index contributed by atoms with van der Waals surface area (Å²) in [5.41, 5.74) is 15.2. The van der Waals surface area contributed by atoms with E-state index in [-0.39, 0.29) is 5.69 Å². The highest BCUT2D eigenvalue weighted by molar-refractivity contribution is 6.02. The first-order valence-corrected chi connectivity index (χ1v) is 8.94. The Morgan fingerprint density at radius 1 is 1.07 bits per heavy atom. The van der Waals surface area contributed by atoms with Crippen LogP contribution in [-0.4, -0.2) is 16.2 Å². The van der Waals surface area contributed by atoms with Gasteiger partial charge in [-0.3, -0.25) is 5.10 Å². The van der Waals surface area contributed by atoms with Gasteiger partial charge in [-0.25, -0.2) is 9.18 Å². The number of hydrogen-bond donors (Lipinski definition) is 5. The third kappa shape index (κ3) is 3.74. The molecule has 3 aromatic carbocycles. The van der Waals surface area contributed by atoms with Crippen molar-refractivity contribution in [3.8, 4) is 11.1 Å². The second-order valence-corrected chi connectivity index (χ2v) is 6.52. The van der Waals surface area contributed by atoms with E-state index in [4.69, 9.17) is 11.5 Å². The van der Waals surface area contributed by atoms with Crippen LogP contribution in [0.1, 0.15) is 5.56 Å². The van der Waals surface area contributed by atoms with Crippen LogP contribution in [0.3, 0.4) is 0 Å². The van der Waals surface area contributed by atoms with Crippen molar-refractivity contribution in [2.75, 3.05) is 16.4 Å². The van der Waals surface area contributed by atoms with Crippen molar-refractivity contribution < 1.29 is 9.18 Å². The number of hydrogen-bond acceptors (Lipinski definition) is 4. The number of carbonyl (C=O) groups excluding carboxylic acids is 1. The molecule has 4 aromatic rings. The number of fused-ring (bicyclic) bond motifs is 1. The predicted molar refractivity (Wildman–Crippen MR) is 113 cm³/mol. The molecule has 0 aliphatic heterocycles. The molecule has 0 unspecified atom stereocenters. The molecular weight excluding hydrogens is 371 g/mol. The molecule has 0 radical (unpaired) electrons. The zero-order valence-electron chi connectivity index (χ0n) is 15.4. The summed E-state index contributed by atoms with van der Waals surface area (Å²) in [6.07, 6.45) is 0. The summed E-state index contributed by atoms with van der Waals surface area (Å²) < 4.78 is 14.7. The molecule has 7 nitrogen and oxygen atoms in total. The van der Waals surface area contributed by atoms with E-state index in [1.807, 2.05) is 24.3 Å². The van der Waals surface area contributed by atoms with Crippen LogP contribution < -0.4 is 22.1 Å². The van der Waals surface area contributed by atoms with Gasteiger partial charge in [0, 0.05) is 12.2 Å². The number of H-pyrrole nitrogens is 1. The Morgan fingerprint density at radius 2 is 1.90 bits per heavy atom. The molecule has 0 saturated carbocycles. The third-order valence-corrected chi connectivity index (χ3v) is 4.57. The van der Waals surface area contributed by atoms with Gasteiger partial charge in [0.2, 0.25) is 0 Å². The smallest absolute Gasteiger partial charge is 0.323 e. The van der Waals surface area contributed by atoms with Crippen LogP contribution >= 0.6 is 0 Å². The fourth-order valence-corrected chi connectivity index (χ4v) is 3.18. The molecule has 0 spiro atoms. The first-order valence-electron chi connectivity index (χ1n) is 8.94. The van der Waals surface area contributed by atoms with E-state index in [0.717, 1.165) is 22.0 Å². The summed E-state index contributed by atoms with van der Waals surface area (Å²) in [7, 11) is 0. The van der Waals surface area contributed by atoms with Crippen LogP contribution in [0.4, 0.5) is 26.4 Å². The molecule has 0 bridgehead atoms. The Labute approximate surface area is 165 Å². The molecule has 1 heterocycles. The lowest BCUT2D eigenvalue weighted by Crippen LogP contribution is -2.20. The minimum absolute atomic E-state index is 0.0635. The standard InChI is InChI=1S/C21H19FN6O/c22-16-10-13(15-5-2-6-18-19(15)20(24)28-27-18)7-8-17(16)26-21(29)25-14-4-1-3-12(9-14)11-23/h1-10H,11,23H2,(H3,24,27,28)(H2,25,26,29). The lowest BCUT2D eigenvalue weighted by Gasteiger charge is -2.11. The molecular formula is C21H19FN6O. The average Bonchev–Trinajstić information content (AvgIpc) is 3.11. The zero-order chi connectivity index (χ0) is 20.4. The van der Waals surface area contributed by atoms with Crippen LogP contribution in [-0.2, 0) is 6.54 Å². The van der Waals surface area contributed by atoms with Gasteiger partial charge in [0.1, 0.15) is 5.82 Å². The number of aromatic nitrogens is 2. The van der Waals surface area contributed by atoms with Crippen LogP contribution in [0.25, 0.3) is 22.0 Å². The molecule has 2 amide bonds. The Hall–Kier alpha value is -3.91. The van der Waals surface area contributed by atoms with Crippen molar-refractivity contribution in [2.45, 2.75) is 6.54 Å². The summed E-state index contributed by atoms with van der Waals surface area (Å²) in [4.78, 5) is 12.2. The van der Waals surface area contributed by atoms with Gasteiger partial charge in [0.15, 0.2) is 5.82 Å². The monoisotopic (exact) mass is 390 g/mol. The summed E-state index contributed by atoms with van der Waals surface area (Å²) >= 11 is 0. The number of urea groups is 1. The van der Waals surface area contributed by atoms with Crippen molar-refractivity contribution >= 4 is 34.1 Å². The number of anilines is 3. The number of rotatable bonds is 4. The summed E-state index contributed by atoms with van der Waals surface area (Å²) in [5.74, 6) is -0.218. The lowest BCUT2D eigenvalue weighted by molar-refractivity contribution is 0.262. The maximum atomic E-state index is 14.7. The highest BCUT2D eigenvalue weighted by atomic mass is 19.1. The predicted octanol–water partition coefficient (Wildman–Crippen LogP) is 4.05. The lowest BCUT2D eigenvalue weighted by atomic mass is 10.0. The fraction of sp³-hybridized carbons (Fsp3) is 0.0476. The van der Waals surface area contributed by atoms with Gasteiger partial charge >= 0.3 is 6.03 Å². The minimum Gasteiger partial charge on any atom is -0.382 e. The zero-order valence-corrected chi connectivity index (χ0v) is 15.4. The molecule has 4 rings (SSSR count). The van der Waals surface area contributed by atoms with Gasteiger partial charge in [-0.2, -0.15) is 5.10 Å². The number of aromatic amines is 1. The highest BCUT2D eigenvalue weighted by Crippen LogP contribution is 2.32. The molecule has 146 valence electrons. The molecule has 0 aliphatic rings. The van der Waals surface area contributed by atoms with Crippen LogP contribution in [0.5, 0.6) is 0 Å². The molecule has 0 fully saturated rings. The Bertz CT molecular complexity index is 1200. The molecule has 8 heteroatoms. The van der Waals surface area contributed by atoms with Crippen LogP contribution in [0.2, 0.25) is 0 Å². The molecule has 7 N–H and O–H groups in total. The normalized spacial score (nSPS) is 10.8. The van der Waals surface area contributed by atoms with Gasteiger partial charge in [-0.1, -0.05) is 30.3 Å². The third-order valence-electron chi connectivity index (χ3n) is 4.57. The summed E-state index contributed by atoms with van der Waals surface area (Å²) in [6.45, 7) is 0.362. The van der Waals surface area contributed by atoms with E-state index in [0.29, 0.717) is 23.6 Å². The first-order chi connectivity index (χ1) is 14.0. The molecule has 1 aromatic heterocycles. The van der Waals surface area contributed by atoms with Gasteiger partial charge in [-0.15, -0.1) is 0 Å². The Morgan fingerprint density at radius 3 is 2.69 bits per heavy atom.